The molecule has 1 heterocycles. The molecule has 1 aliphatic carbocycles. The molecule has 0 N–H and O–H groups in total. The van der Waals surface area contributed by atoms with E-state index in [9.17, 15) is 0 Å². The number of para-hydroxylation sites is 1. The highest BCUT2D eigenvalue weighted by Crippen LogP contribution is 2.40. The summed E-state index contributed by atoms with van der Waals surface area (Å²) in [5.41, 5.74) is 3.56. The van der Waals surface area contributed by atoms with Gasteiger partial charge in [0.2, 0.25) is 5.88 Å². The largest absolute Gasteiger partial charge is 0.438 e. The first-order valence-electron chi connectivity index (χ1n) is 8.59. The number of nitrogens with zero attached hydrogens (tertiary/aromatic N) is 2. The summed E-state index contributed by atoms with van der Waals surface area (Å²) in [6.07, 6.45) is 3.33. The van der Waals surface area contributed by atoms with Gasteiger partial charge in [0.15, 0.2) is 0 Å². The van der Waals surface area contributed by atoms with Crippen LogP contribution in [0.3, 0.4) is 0 Å². The van der Waals surface area contributed by atoms with Crippen LogP contribution in [0.2, 0.25) is 0 Å². The van der Waals surface area contributed by atoms with Gasteiger partial charge in [-0.25, -0.2) is 4.98 Å². The zero-order valence-electron chi connectivity index (χ0n) is 15.2. The predicted octanol–water partition coefficient (Wildman–Crippen LogP) is 5.53. The summed E-state index contributed by atoms with van der Waals surface area (Å²) in [6.45, 7) is 12.5. The number of aryl methyl sites for hydroxylation is 2. The Bertz CT molecular complexity index is 677. The minimum Gasteiger partial charge on any atom is -0.438 e. The summed E-state index contributed by atoms with van der Waals surface area (Å²) in [5.74, 6) is 2.40. The maximum atomic E-state index is 6.13. The summed E-state index contributed by atoms with van der Waals surface area (Å²) < 4.78 is 6.13. The van der Waals surface area contributed by atoms with Crippen molar-refractivity contribution in [1.29, 1.82) is 0 Å². The van der Waals surface area contributed by atoms with E-state index in [1.165, 1.54) is 12.0 Å². The standard InChI is InChI=1S/C18H22N2O.C2H6/c1-12-8-5-6-10-15(12)21-17-14-9-7-11-18(3,4)16(14)19-13(2)20-17;1-2/h5-6,8,10H,7,9,11H2,1-4H3;1-2H3. The number of rotatable bonds is 2. The Morgan fingerprint density at radius 2 is 1.74 bits per heavy atom. The van der Waals surface area contributed by atoms with Crippen LogP contribution in [0.25, 0.3) is 0 Å². The van der Waals surface area contributed by atoms with E-state index in [0.717, 1.165) is 41.6 Å². The average molecular weight is 312 g/mol. The van der Waals surface area contributed by atoms with Crippen LogP contribution in [0, 0.1) is 13.8 Å². The van der Waals surface area contributed by atoms with Gasteiger partial charge in [-0.05, 0) is 44.7 Å². The van der Waals surface area contributed by atoms with Crippen molar-refractivity contribution >= 4 is 0 Å². The van der Waals surface area contributed by atoms with Gasteiger partial charge in [0.05, 0.1) is 5.69 Å². The van der Waals surface area contributed by atoms with Gasteiger partial charge in [-0.3, -0.25) is 0 Å². The van der Waals surface area contributed by atoms with Crippen molar-refractivity contribution in [3.05, 3.63) is 46.9 Å². The van der Waals surface area contributed by atoms with E-state index < -0.39 is 0 Å². The van der Waals surface area contributed by atoms with E-state index in [2.05, 4.69) is 31.8 Å². The minimum absolute atomic E-state index is 0.102. The Labute approximate surface area is 140 Å². The Hall–Kier alpha value is -1.90. The first kappa shape index (κ1) is 17.5. The van der Waals surface area contributed by atoms with Crippen molar-refractivity contribution in [2.75, 3.05) is 0 Å². The number of hydrogen-bond acceptors (Lipinski definition) is 3. The zero-order valence-corrected chi connectivity index (χ0v) is 15.2. The quantitative estimate of drug-likeness (QED) is 0.731. The second-order valence-corrected chi connectivity index (χ2v) is 6.51. The van der Waals surface area contributed by atoms with Crippen molar-refractivity contribution in [3.63, 3.8) is 0 Å². The molecule has 0 saturated carbocycles. The molecule has 3 nitrogen and oxygen atoms in total. The fourth-order valence-corrected chi connectivity index (χ4v) is 3.04. The molecule has 3 rings (SSSR count). The molecular weight excluding hydrogens is 284 g/mol. The van der Waals surface area contributed by atoms with E-state index in [1.807, 2.05) is 39.0 Å². The molecule has 0 saturated heterocycles. The molecule has 23 heavy (non-hydrogen) atoms. The van der Waals surface area contributed by atoms with Gasteiger partial charge in [0.1, 0.15) is 11.6 Å². The lowest BCUT2D eigenvalue weighted by atomic mass is 9.76. The molecule has 2 aromatic rings. The molecule has 0 bridgehead atoms. The number of fused-ring (bicyclic) bond motifs is 1. The monoisotopic (exact) mass is 312 g/mol. The van der Waals surface area contributed by atoms with Crippen LogP contribution in [0.4, 0.5) is 0 Å². The zero-order chi connectivity index (χ0) is 17.0. The summed E-state index contributed by atoms with van der Waals surface area (Å²) in [6, 6.07) is 8.06. The van der Waals surface area contributed by atoms with Crippen LogP contribution < -0.4 is 4.74 Å². The van der Waals surface area contributed by atoms with Crippen LogP contribution >= 0.6 is 0 Å². The van der Waals surface area contributed by atoms with Gasteiger partial charge in [0, 0.05) is 11.0 Å². The second-order valence-electron chi connectivity index (χ2n) is 6.51. The van der Waals surface area contributed by atoms with Crippen LogP contribution in [-0.2, 0) is 11.8 Å². The SMILES string of the molecule is CC.Cc1nc(Oc2ccccc2C)c2c(n1)C(C)(C)CCC2. The first-order valence-corrected chi connectivity index (χ1v) is 8.59. The first-order chi connectivity index (χ1) is 11.0. The molecule has 0 unspecified atom stereocenters. The molecule has 1 aliphatic rings. The third-order valence-corrected chi connectivity index (χ3v) is 4.25. The molecule has 124 valence electrons. The van der Waals surface area contributed by atoms with Crippen LogP contribution in [0.1, 0.15) is 63.2 Å². The smallest absolute Gasteiger partial charge is 0.226 e. The molecule has 1 aromatic carbocycles. The lowest BCUT2D eigenvalue weighted by Crippen LogP contribution is -2.26. The molecule has 0 fully saturated rings. The van der Waals surface area contributed by atoms with Crippen molar-refractivity contribution in [1.82, 2.24) is 9.97 Å². The van der Waals surface area contributed by atoms with Gasteiger partial charge in [-0.15, -0.1) is 0 Å². The lowest BCUT2D eigenvalue weighted by Gasteiger charge is -2.32. The van der Waals surface area contributed by atoms with Crippen LogP contribution in [0.15, 0.2) is 24.3 Å². The van der Waals surface area contributed by atoms with Gasteiger partial charge < -0.3 is 4.74 Å². The number of benzene rings is 1. The Balaban J connectivity index is 0.000000924. The minimum atomic E-state index is 0.102. The van der Waals surface area contributed by atoms with E-state index >= 15 is 0 Å². The molecule has 0 atom stereocenters. The predicted molar refractivity (Wildman–Crippen MR) is 95.3 cm³/mol. The Morgan fingerprint density at radius 1 is 1.04 bits per heavy atom. The number of aromatic nitrogens is 2. The summed E-state index contributed by atoms with van der Waals surface area (Å²) in [5, 5.41) is 0. The normalized spacial score (nSPS) is 15.2. The summed E-state index contributed by atoms with van der Waals surface area (Å²) in [7, 11) is 0. The fraction of sp³-hybridized carbons (Fsp3) is 0.500. The average Bonchev–Trinajstić information content (AvgIpc) is 2.52. The van der Waals surface area contributed by atoms with E-state index in [4.69, 9.17) is 9.72 Å². The molecule has 0 amide bonds. The Kier molecular flexibility index (Phi) is 5.40. The van der Waals surface area contributed by atoms with E-state index in [1.54, 1.807) is 0 Å². The van der Waals surface area contributed by atoms with Crippen LogP contribution in [0.5, 0.6) is 11.6 Å². The van der Waals surface area contributed by atoms with Crippen LogP contribution in [-0.4, -0.2) is 9.97 Å². The highest BCUT2D eigenvalue weighted by Gasteiger charge is 2.32. The maximum absolute atomic E-state index is 6.13. The molecule has 0 spiro atoms. The summed E-state index contributed by atoms with van der Waals surface area (Å²) in [4.78, 5) is 9.26. The van der Waals surface area contributed by atoms with E-state index in [-0.39, 0.29) is 5.41 Å². The number of hydrogen-bond donors (Lipinski definition) is 0. The third-order valence-electron chi connectivity index (χ3n) is 4.25. The number of ether oxygens (including phenoxy) is 1. The Morgan fingerprint density at radius 3 is 2.43 bits per heavy atom. The highest BCUT2D eigenvalue weighted by molar-refractivity contribution is 5.42. The van der Waals surface area contributed by atoms with Crippen molar-refractivity contribution in [2.45, 2.75) is 66.2 Å². The molecule has 0 aliphatic heterocycles. The fourth-order valence-electron chi connectivity index (χ4n) is 3.04. The molecule has 1 aromatic heterocycles. The third kappa shape index (κ3) is 3.72. The van der Waals surface area contributed by atoms with Crippen molar-refractivity contribution in [3.8, 4) is 11.6 Å². The van der Waals surface area contributed by atoms with Gasteiger partial charge >= 0.3 is 0 Å². The topological polar surface area (TPSA) is 35.0 Å². The maximum Gasteiger partial charge on any atom is 0.226 e. The molecule has 0 radical (unpaired) electrons. The van der Waals surface area contributed by atoms with Gasteiger partial charge in [-0.1, -0.05) is 45.9 Å². The van der Waals surface area contributed by atoms with Crippen molar-refractivity contribution < 1.29 is 4.74 Å². The lowest BCUT2D eigenvalue weighted by molar-refractivity contribution is 0.389. The van der Waals surface area contributed by atoms with Gasteiger partial charge in [-0.2, -0.15) is 4.98 Å². The van der Waals surface area contributed by atoms with E-state index in [0.29, 0.717) is 0 Å². The highest BCUT2D eigenvalue weighted by atomic mass is 16.5. The van der Waals surface area contributed by atoms with Gasteiger partial charge in [0.25, 0.3) is 0 Å². The van der Waals surface area contributed by atoms with Crippen molar-refractivity contribution in [2.24, 2.45) is 0 Å². The summed E-state index contributed by atoms with van der Waals surface area (Å²) >= 11 is 0. The molecule has 3 heteroatoms. The second kappa shape index (κ2) is 7.12. The molecular formula is C20H28N2O.